The van der Waals surface area contributed by atoms with Crippen LogP contribution in [0.2, 0.25) is 0 Å². The summed E-state index contributed by atoms with van der Waals surface area (Å²) in [6.07, 6.45) is 5.69. The molecular weight excluding hydrogens is 270 g/mol. The van der Waals surface area contributed by atoms with Gasteiger partial charge in [-0.2, -0.15) is 0 Å². The van der Waals surface area contributed by atoms with E-state index in [0.717, 1.165) is 12.5 Å². The maximum atomic E-state index is 3.71. The molecule has 102 valence electrons. The first kappa shape index (κ1) is 13.3. The van der Waals surface area contributed by atoms with Crippen LogP contribution in [0.5, 0.6) is 0 Å². The molecule has 0 saturated heterocycles. The minimum Gasteiger partial charge on any atom is -0.309 e. The van der Waals surface area contributed by atoms with Gasteiger partial charge in [0.25, 0.3) is 0 Å². The molecule has 2 heterocycles. The van der Waals surface area contributed by atoms with Gasteiger partial charge in [-0.3, -0.25) is 0 Å². The van der Waals surface area contributed by atoms with E-state index in [2.05, 4.69) is 41.2 Å². The van der Waals surface area contributed by atoms with Crippen LogP contribution in [0.25, 0.3) is 10.4 Å². The van der Waals surface area contributed by atoms with Crippen LogP contribution >= 0.6 is 22.7 Å². The van der Waals surface area contributed by atoms with E-state index in [0.29, 0.717) is 6.04 Å². The quantitative estimate of drug-likeness (QED) is 0.804. The van der Waals surface area contributed by atoms with Crippen LogP contribution in [0.15, 0.2) is 29.0 Å². The second-order valence-electron chi connectivity index (χ2n) is 5.49. The van der Waals surface area contributed by atoms with Crippen LogP contribution in [0, 0.1) is 5.92 Å². The Hall–Kier alpha value is -0.640. The molecule has 2 aromatic rings. The van der Waals surface area contributed by atoms with Crippen molar-refractivity contribution in [2.24, 2.45) is 5.92 Å². The van der Waals surface area contributed by atoms with Crippen molar-refractivity contribution in [1.29, 1.82) is 0 Å². The lowest BCUT2D eigenvalue weighted by molar-refractivity contribution is 0.381. The third-order valence-electron chi connectivity index (χ3n) is 4.16. The third-order valence-corrected chi connectivity index (χ3v) is 6.02. The fourth-order valence-corrected chi connectivity index (χ4v) is 4.56. The number of thiophene rings is 2. The topological polar surface area (TPSA) is 12.0 Å². The van der Waals surface area contributed by atoms with Gasteiger partial charge in [0.05, 0.1) is 0 Å². The highest BCUT2D eigenvalue weighted by Gasteiger charge is 2.20. The van der Waals surface area contributed by atoms with Gasteiger partial charge in [0.15, 0.2) is 0 Å². The van der Waals surface area contributed by atoms with E-state index in [4.69, 9.17) is 0 Å². The van der Waals surface area contributed by atoms with Crippen molar-refractivity contribution in [2.75, 3.05) is 0 Å². The van der Waals surface area contributed by atoms with Gasteiger partial charge in [0, 0.05) is 27.9 Å². The van der Waals surface area contributed by atoms with Crippen LogP contribution in [0.1, 0.15) is 37.5 Å². The van der Waals surface area contributed by atoms with Crippen LogP contribution in [-0.4, -0.2) is 6.04 Å². The Morgan fingerprint density at radius 2 is 2.16 bits per heavy atom. The van der Waals surface area contributed by atoms with Crippen molar-refractivity contribution in [2.45, 2.75) is 45.2 Å². The molecule has 3 heteroatoms. The summed E-state index contributed by atoms with van der Waals surface area (Å²) in [5.41, 5.74) is 1.38. The minimum atomic E-state index is 0.662. The standard InChI is InChI=1S/C16H21NS2/c1-12(13-5-2-3-6-13)17-10-15-9-14(11-19-15)16-7-4-8-18-16/h4,7-9,11-13,17H,2-3,5-6,10H2,1H3/t12-/m1/s1. The van der Waals surface area contributed by atoms with E-state index in [-0.39, 0.29) is 0 Å². The zero-order valence-corrected chi connectivity index (χ0v) is 13.0. The monoisotopic (exact) mass is 291 g/mol. The number of nitrogens with one attached hydrogen (secondary N) is 1. The number of hydrogen-bond donors (Lipinski definition) is 1. The normalized spacial score (nSPS) is 17.9. The fourth-order valence-electron chi connectivity index (χ4n) is 2.93. The summed E-state index contributed by atoms with van der Waals surface area (Å²) in [6.45, 7) is 3.37. The number of rotatable bonds is 5. The zero-order chi connectivity index (χ0) is 13.1. The zero-order valence-electron chi connectivity index (χ0n) is 11.4. The molecule has 1 saturated carbocycles. The highest BCUT2D eigenvalue weighted by Crippen LogP contribution is 2.30. The minimum absolute atomic E-state index is 0.662. The molecule has 1 fully saturated rings. The molecule has 3 rings (SSSR count). The lowest BCUT2D eigenvalue weighted by Gasteiger charge is -2.19. The Bertz CT molecular complexity index is 495. The second kappa shape index (κ2) is 6.21. The molecule has 0 amide bonds. The lowest BCUT2D eigenvalue weighted by Crippen LogP contribution is -2.31. The molecule has 19 heavy (non-hydrogen) atoms. The molecule has 0 aromatic carbocycles. The molecule has 0 spiro atoms. The first-order chi connectivity index (χ1) is 9.33. The Morgan fingerprint density at radius 1 is 1.32 bits per heavy atom. The average Bonchev–Trinajstić information content (AvgIpc) is 3.14. The Kier molecular flexibility index (Phi) is 4.36. The van der Waals surface area contributed by atoms with Crippen molar-refractivity contribution in [3.8, 4) is 10.4 Å². The van der Waals surface area contributed by atoms with Crippen LogP contribution < -0.4 is 5.32 Å². The van der Waals surface area contributed by atoms with Gasteiger partial charge in [-0.1, -0.05) is 18.9 Å². The summed E-state index contributed by atoms with van der Waals surface area (Å²) in [4.78, 5) is 2.83. The molecule has 0 radical (unpaired) electrons. The highest BCUT2D eigenvalue weighted by atomic mass is 32.1. The van der Waals surface area contributed by atoms with Gasteiger partial charge in [0.1, 0.15) is 0 Å². The summed E-state index contributed by atoms with van der Waals surface area (Å²) in [6, 6.07) is 7.32. The van der Waals surface area contributed by atoms with E-state index in [1.54, 1.807) is 0 Å². The molecule has 0 unspecified atom stereocenters. The van der Waals surface area contributed by atoms with E-state index in [1.165, 1.54) is 41.0 Å². The van der Waals surface area contributed by atoms with Gasteiger partial charge in [-0.25, -0.2) is 0 Å². The summed E-state index contributed by atoms with van der Waals surface area (Å²) in [5, 5.41) is 8.14. The van der Waals surface area contributed by atoms with Crippen molar-refractivity contribution in [3.05, 3.63) is 33.8 Å². The predicted molar refractivity (Wildman–Crippen MR) is 85.9 cm³/mol. The first-order valence-corrected chi connectivity index (χ1v) is 8.93. The molecule has 1 nitrogen and oxygen atoms in total. The van der Waals surface area contributed by atoms with Crippen molar-refractivity contribution in [1.82, 2.24) is 5.32 Å². The predicted octanol–water partition coefficient (Wildman–Crippen LogP) is 5.14. The van der Waals surface area contributed by atoms with Crippen molar-refractivity contribution in [3.63, 3.8) is 0 Å². The van der Waals surface area contributed by atoms with Crippen molar-refractivity contribution < 1.29 is 0 Å². The smallest absolute Gasteiger partial charge is 0.0351 e. The largest absolute Gasteiger partial charge is 0.309 e. The summed E-state index contributed by atoms with van der Waals surface area (Å²) in [5.74, 6) is 0.900. The molecule has 1 atom stereocenters. The third kappa shape index (κ3) is 3.28. The summed E-state index contributed by atoms with van der Waals surface area (Å²) < 4.78 is 0. The van der Waals surface area contributed by atoms with E-state index >= 15 is 0 Å². The summed E-state index contributed by atoms with van der Waals surface area (Å²) in [7, 11) is 0. The molecule has 0 aliphatic heterocycles. The van der Waals surface area contributed by atoms with Crippen LogP contribution in [0.4, 0.5) is 0 Å². The first-order valence-electron chi connectivity index (χ1n) is 7.17. The Balaban J connectivity index is 1.55. The van der Waals surface area contributed by atoms with Gasteiger partial charge < -0.3 is 5.32 Å². The summed E-state index contributed by atoms with van der Waals surface area (Å²) >= 11 is 3.70. The average molecular weight is 291 g/mol. The molecule has 1 aliphatic carbocycles. The SMILES string of the molecule is C[C@@H](NCc1cc(-c2cccs2)cs1)C1CCCC1. The highest BCUT2D eigenvalue weighted by molar-refractivity contribution is 7.14. The molecule has 1 aliphatic rings. The Morgan fingerprint density at radius 3 is 2.89 bits per heavy atom. The van der Waals surface area contributed by atoms with Gasteiger partial charge >= 0.3 is 0 Å². The van der Waals surface area contributed by atoms with E-state index < -0.39 is 0 Å². The maximum absolute atomic E-state index is 3.71. The lowest BCUT2D eigenvalue weighted by atomic mass is 10.00. The van der Waals surface area contributed by atoms with E-state index in [1.807, 2.05) is 22.7 Å². The molecule has 0 bridgehead atoms. The molecule has 2 aromatic heterocycles. The van der Waals surface area contributed by atoms with Gasteiger partial charge in [-0.05, 0) is 48.6 Å². The molecular formula is C16H21NS2. The van der Waals surface area contributed by atoms with Gasteiger partial charge in [-0.15, -0.1) is 22.7 Å². The fraction of sp³-hybridized carbons (Fsp3) is 0.500. The van der Waals surface area contributed by atoms with Gasteiger partial charge in [0.2, 0.25) is 0 Å². The van der Waals surface area contributed by atoms with Crippen LogP contribution in [-0.2, 0) is 6.54 Å². The molecule has 1 N–H and O–H groups in total. The Labute approximate surface area is 123 Å². The number of hydrogen-bond acceptors (Lipinski definition) is 3. The van der Waals surface area contributed by atoms with E-state index in [9.17, 15) is 0 Å². The second-order valence-corrected chi connectivity index (χ2v) is 7.44. The van der Waals surface area contributed by atoms with Crippen LogP contribution in [0.3, 0.4) is 0 Å². The maximum Gasteiger partial charge on any atom is 0.0351 e. The van der Waals surface area contributed by atoms with Crippen molar-refractivity contribution >= 4 is 22.7 Å².